The van der Waals surface area contributed by atoms with Crippen LogP contribution in [0, 0.1) is 6.92 Å². The Balaban J connectivity index is 1.50. The van der Waals surface area contributed by atoms with Crippen LogP contribution in [0.1, 0.15) is 11.1 Å². The molecule has 4 aromatic rings. The molecule has 1 N–H and O–H groups in total. The van der Waals surface area contributed by atoms with Gasteiger partial charge in [0.05, 0.1) is 24.4 Å². The normalized spacial score (nSPS) is 10.8. The average molecular weight is 391 g/mol. The summed E-state index contributed by atoms with van der Waals surface area (Å²) in [5.74, 6) is 1.50. The molecule has 0 saturated carbocycles. The molecular formula is C23H22N2O2S. The second-order valence-corrected chi connectivity index (χ2v) is 7.60. The number of para-hydroxylation sites is 1. The Labute approximate surface area is 168 Å². The van der Waals surface area contributed by atoms with E-state index in [0.29, 0.717) is 6.54 Å². The lowest BCUT2D eigenvalue weighted by Gasteiger charge is -2.13. The highest BCUT2D eigenvalue weighted by molar-refractivity contribution is 7.21. The van der Waals surface area contributed by atoms with E-state index in [2.05, 4.69) is 54.7 Å². The lowest BCUT2D eigenvalue weighted by Crippen LogP contribution is -2.02. The first-order chi connectivity index (χ1) is 13.7. The molecule has 5 heteroatoms. The van der Waals surface area contributed by atoms with E-state index >= 15 is 0 Å². The Morgan fingerprint density at radius 1 is 0.964 bits per heavy atom. The van der Waals surface area contributed by atoms with E-state index in [9.17, 15) is 0 Å². The van der Waals surface area contributed by atoms with E-state index in [-0.39, 0.29) is 0 Å². The first kappa shape index (κ1) is 18.3. The zero-order valence-electron chi connectivity index (χ0n) is 16.2. The minimum Gasteiger partial charge on any atom is -0.493 e. The van der Waals surface area contributed by atoms with Crippen LogP contribution in [0.3, 0.4) is 0 Å². The fourth-order valence-corrected chi connectivity index (χ4v) is 4.25. The molecule has 4 nitrogen and oxygen atoms in total. The molecule has 0 fully saturated rings. The summed E-state index contributed by atoms with van der Waals surface area (Å²) in [5, 5.41) is 4.49. The number of nitrogens with zero attached hydrogens (tertiary/aromatic N) is 1. The Morgan fingerprint density at radius 3 is 2.54 bits per heavy atom. The van der Waals surface area contributed by atoms with Gasteiger partial charge in [0, 0.05) is 23.4 Å². The number of aryl methyl sites for hydroxylation is 1. The van der Waals surface area contributed by atoms with Crippen molar-refractivity contribution in [1.82, 2.24) is 4.98 Å². The van der Waals surface area contributed by atoms with Crippen molar-refractivity contribution in [3.05, 3.63) is 71.8 Å². The number of ether oxygens (including phenoxy) is 2. The van der Waals surface area contributed by atoms with Gasteiger partial charge in [-0.25, -0.2) is 4.98 Å². The Hall–Kier alpha value is -3.05. The maximum Gasteiger partial charge on any atom is 0.165 e. The van der Waals surface area contributed by atoms with Gasteiger partial charge in [-0.2, -0.15) is 0 Å². The molecule has 0 amide bonds. The molecule has 4 rings (SSSR count). The summed E-state index contributed by atoms with van der Waals surface area (Å²) in [5.41, 5.74) is 5.54. The molecule has 0 atom stereocenters. The van der Waals surface area contributed by atoms with Crippen molar-refractivity contribution >= 4 is 27.2 Å². The summed E-state index contributed by atoms with van der Waals surface area (Å²) in [6.07, 6.45) is 0. The van der Waals surface area contributed by atoms with Gasteiger partial charge >= 0.3 is 0 Å². The second kappa shape index (κ2) is 7.90. The van der Waals surface area contributed by atoms with Crippen LogP contribution in [-0.2, 0) is 6.54 Å². The van der Waals surface area contributed by atoms with Crippen molar-refractivity contribution in [2.24, 2.45) is 0 Å². The third-order valence-corrected chi connectivity index (χ3v) is 5.71. The molecule has 0 aliphatic carbocycles. The van der Waals surface area contributed by atoms with Gasteiger partial charge in [0.2, 0.25) is 0 Å². The number of fused-ring (bicyclic) bond motifs is 1. The minimum atomic E-state index is 0.653. The highest BCUT2D eigenvalue weighted by Crippen LogP contribution is 2.33. The van der Waals surface area contributed by atoms with Crippen LogP contribution in [0.15, 0.2) is 60.7 Å². The van der Waals surface area contributed by atoms with Crippen LogP contribution < -0.4 is 14.8 Å². The van der Waals surface area contributed by atoms with Gasteiger partial charge in [-0.15, -0.1) is 11.3 Å². The van der Waals surface area contributed by atoms with Crippen molar-refractivity contribution < 1.29 is 9.47 Å². The summed E-state index contributed by atoms with van der Waals surface area (Å²) in [6.45, 7) is 2.76. The van der Waals surface area contributed by atoms with E-state index < -0.39 is 0 Å². The average Bonchev–Trinajstić information content (AvgIpc) is 3.15. The molecule has 0 saturated heterocycles. The van der Waals surface area contributed by atoms with Crippen LogP contribution in [0.4, 0.5) is 5.69 Å². The summed E-state index contributed by atoms with van der Waals surface area (Å²) in [7, 11) is 3.31. The summed E-state index contributed by atoms with van der Waals surface area (Å²) in [4.78, 5) is 4.76. The van der Waals surface area contributed by atoms with E-state index in [1.807, 2.05) is 18.2 Å². The van der Waals surface area contributed by atoms with Gasteiger partial charge in [-0.3, -0.25) is 0 Å². The van der Waals surface area contributed by atoms with Crippen LogP contribution >= 0.6 is 11.3 Å². The Kier molecular flexibility index (Phi) is 5.17. The van der Waals surface area contributed by atoms with Gasteiger partial charge in [0.15, 0.2) is 11.5 Å². The quantitative estimate of drug-likeness (QED) is 0.445. The number of anilines is 1. The van der Waals surface area contributed by atoms with Gasteiger partial charge in [0.25, 0.3) is 0 Å². The molecule has 1 aromatic heterocycles. The topological polar surface area (TPSA) is 43.4 Å². The number of thiazole rings is 1. The number of aromatic nitrogens is 1. The van der Waals surface area contributed by atoms with Crippen LogP contribution in [0.25, 0.3) is 20.8 Å². The molecule has 3 aromatic carbocycles. The number of hydrogen-bond donors (Lipinski definition) is 1. The molecule has 28 heavy (non-hydrogen) atoms. The zero-order valence-corrected chi connectivity index (χ0v) is 17.0. The van der Waals surface area contributed by atoms with Gasteiger partial charge in [-0.1, -0.05) is 18.2 Å². The van der Waals surface area contributed by atoms with Gasteiger partial charge < -0.3 is 14.8 Å². The third kappa shape index (κ3) is 3.66. The standard InChI is InChI=1S/C23H22N2O2S/c1-15-7-12-19-21(13-15)28-23(25-19)16-8-10-18(11-9-16)24-14-17-5-4-6-20(26-2)22(17)27-3/h4-13,24H,14H2,1-3H3. The predicted molar refractivity (Wildman–Crippen MR) is 117 cm³/mol. The van der Waals surface area contributed by atoms with Crippen molar-refractivity contribution in [3.63, 3.8) is 0 Å². The maximum absolute atomic E-state index is 5.50. The monoisotopic (exact) mass is 390 g/mol. The lowest BCUT2D eigenvalue weighted by atomic mass is 10.1. The fourth-order valence-electron chi connectivity index (χ4n) is 3.18. The molecule has 1 heterocycles. The Bertz CT molecular complexity index is 1100. The number of hydrogen-bond acceptors (Lipinski definition) is 5. The number of methoxy groups -OCH3 is 2. The summed E-state index contributed by atoms with van der Waals surface area (Å²) in [6, 6.07) is 20.7. The van der Waals surface area contributed by atoms with Crippen molar-refractivity contribution in [3.8, 4) is 22.1 Å². The number of benzene rings is 3. The molecule has 0 aliphatic heterocycles. The van der Waals surface area contributed by atoms with Crippen molar-refractivity contribution in [1.29, 1.82) is 0 Å². The number of rotatable bonds is 6. The molecule has 142 valence electrons. The molecule has 0 spiro atoms. The van der Waals surface area contributed by atoms with E-state index in [4.69, 9.17) is 14.5 Å². The lowest BCUT2D eigenvalue weighted by molar-refractivity contribution is 0.352. The fraction of sp³-hybridized carbons (Fsp3) is 0.174. The van der Waals surface area contributed by atoms with E-state index in [1.165, 1.54) is 10.3 Å². The highest BCUT2D eigenvalue weighted by atomic mass is 32.1. The predicted octanol–water partition coefficient (Wildman–Crippen LogP) is 5.90. The van der Waals surface area contributed by atoms with Gasteiger partial charge in [-0.05, 0) is 55.0 Å². The van der Waals surface area contributed by atoms with Crippen LogP contribution in [0.5, 0.6) is 11.5 Å². The van der Waals surface area contributed by atoms with Gasteiger partial charge in [0.1, 0.15) is 5.01 Å². The summed E-state index contributed by atoms with van der Waals surface area (Å²) >= 11 is 1.73. The molecule has 0 bridgehead atoms. The van der Waals surface area contributed by atoms with Crippen molar-refractivity contribution in [2.75, 3.05) is 19.5 Å². The minimum absolute atomic E-state index is 0.653. The largest absolute Gasteiger partial charge is 0.493 e. The SMILES string of the molecule is COc1cccc(CNc2ccc(-c3nc4ccc(C)cc4s3)cc2)c1OC. The first-order valence-corrected chi connectivity index (χ1v) is 9.91. The zero-order chi connectivity index (χ0) is 19.5. The maximum atomic E-state index is 5.50. The Morgan fingerprint density at radius 2 is 1.79 bits per heavy atom. The molecule has 0 aliphatic rings. The molecule has 0 radical (unpaired) electrons. The molecular weight excluding hydrogens is 368 g/mol. The van der Waals surface area contributed by atoms with Crippen molar-refractivity contribution in [2.45, 2.75) is 13.5 Å². The van der Waals surface area contributed by atoms with Crippen LogP contribution in [0.2, 0.25) is 0 Å². The van der Waals surface area contributed by atoms with Crippen LogP contribution in [-0.4, -0.2) is 19.2 Å². The molecule has 0 unspecified atom stereocenters. The smallest absolute Gasteiger partial charge is 0.165 e. The van der Waals surface area contributed by atoms with E-state index in [1.54, 1.807) is 25.6 Å². The second-order valence-electron chi connectivity index (χ2n) is 6.57. The highest BCUT2D eigenvalue weighted by Gasteiger charge is 2.10. The third-order valence-electron chi connectivity index (χ3n) is 4.64. The first-order valence-electron chi connectivity index (χ1n) is 9.09. The summed E-state index contributed by atoms with van der Waals surface area (Å²) < 4.78 is 12.1. The van der Waals surface area contributed by atoms with E-state index in [0.717, 1.165) is 38.8 Å². The number of nitrogens with one attached hydrogen (secondary N) is 1.